The van der Waals surface area contributed by atoms with E-state index in [9.17, 15) is 0 Å². The molecule has 3 rings (SSSR count). The molecule has 0 N–H and O–H groups in total. The van der Waals surface area contributed by atoms with E-state index in [1.54, 1.807) is 4.68 Å². The average Bonchev–Trinajstić information content (AvgIpc) is 3.03. The molecule has 0 aromatic carbocycles. The SMILES string of the molecule is Cc1nn(C)c(C)c1OCc1nnc([C@H]2CN(C)C[C@@H](C)O2)o1. The molecule has 0 radical (unpaired) electrons. The first-order valence-corrected chi connectivity index (χ1v) is 7.73. The Kier molecular flexibility index (Phi) is 4.36. The zero-order valence-electron chi connectivity index (χ0n) is 14.2. The fraction of sp³-hybridized carbons (Fsp3) is 0.667. The molecule has 3 heterocycles. The van der Waals surface area contributed by atoms with Crippen LogP contribution >= 0.6 is 0 Å². The van der Waals surface area contributed by atoms with Gasteiger partial charge < -0.3 is 18.8 Å². The van der Waals surface area contributed by atoms with E-state index in [0.29, 0.717) is 11.8 Å². The van der Waals surface area contributed by atoms with Crippen LogP contribution in [0.3, 0.4) is 0 Å². The number of aryl methyl sites for hydroxylation is 2. The highest BCUT2D eigenvalue weighted by atomic mass is 16.5. The van der Waals surface area contributed by atoms with Gasteiger partial charge in [-0.3, -0.25) is 4.68 Å². The Hall–Kier alpha value is -1.93. The van der Waals surface area contributed by atoms with Gasteiger partial charge in [-0.15, -0.1) is 10.2 Å². The smallest absolute Gasteiger partial charge is 0.254 e. The molecule has 2 aromatic heterocycles. The molecule has 8 nitrogen and oxygen atoms in total. The molecular formula is C15H23N5O3. The van der Waals surface area contributed by atoms with Gasteiger partial charge in [0.1, 0.15) is 11.8 Å². The Labute approximate surface area is 135 Å². The normalized spacial score (nSPS) is 22.5. The van der Waals surface area contributed by atoms with Crippen molar-refractivity contribution in [1.29, 1.82) is 0 Å². The second kappa shape index (κ2) is 6.29. The Bertz CT molecular complexity index is 671. The fourth-order valence-electron chi connectivity index (χ4n) is 2.85. The summed E-state index contributed by atoms with van der Waals surface area (Å²) >= 11 is 0. The maximum absolute atomic E-state index is 5.87. The van der Waals surface area contributed by atoms with E-state index in [1.165, 1.54) is 0 Å². The largest absolute Gasteiger partial charge is 0.480 e. The monoisotopic (exact) mass is 321 g/mol. The lowest BCUT2D eigenvalue weighted by atomic mass is 10.2. The van der Waals surface area contributed by atoms with Crippen molar-refractivity contribution < 1.29 is 13.9 Å². The van der Waals surface area contributed by atoms with Crippen molar-refractivity contribution in [2.24, 2.45) is 7.05 Å². The summed E-state index contributed by atoms with van der Waals surface area (Å²) in [6, 6.07) is 0. The first kappa shape index (κ1) is 15.9. The second-order valence-electron chi connectivity index (χ2n) is 6.10. The van der Waals surface area contributed by atoms with Crippen LogP contribution in [0.4, 0.5) is 0 Å². The third kappa shape index (κ3) is 3.37. The molecule has 2 aromatic rings. The fourth-order valence-corrected chi connectivity index (χ4v) is 2.85. The standard InChI is InChI=1S/C15H23N5O3/c1-9-6-19(4)7-12(22-9)15-17-16-13(23-15)8-21-14-10(2)18-20(5)11(14)3/h9,12H,6-8H2,1-5H3/t9-,12-/m1/s1. The van der Waals surface area contributed by atoms with Crippen LogP contribution in [0.5, 0.6) is 5.75 Å². The third-order valence-electron chi connectivity index (χ3n) is 3.98. The summed E-state index contributed by atoms with van der Waals surface area (Å²) in [4.78, 5) is 2.20. The van der Waals surface area contributed by atoms with Crippen molar-refractivity contribution >= 4 is 0 Å². The summed E-state index contributed by atoms with van der Waals surface area (Å²) in [5, 5.41) is 12.5. The zero-order chi connectivity index (χ0) is 16.6. The van der Waals surface area contributed by atoms with Crippen LogP contribution in [0.15, 0.2) is 4.42 Å². The Balaban J connectivity index is 1.65. The van der Waals surface area contributed by atoms with Gasteiger partial charge in [-0.05, 0) is 27.8 Å². The number of hydrogen-bond acceptors (Lipinski definition) is 7. The lowest BCUT2D eigenvalue weighted by molar-refractivity contribution is -0.0827. The van der Waals surface area contributed by atoms with Crippen molar-refractivity contribution in [2.75, 3.05) is 20.1 Å². The molecule has 0 bridgehead atoms. The number of likely N-dealkylation sites (N-methyl/N-ethyl adjacent to an activating group) is 1. The van der Waals surface area contributed by atoms with E-state index in [4.69, 9.17) is 13.9 Å². The number of nitrogens with zero attached hydrogens (tertiary/aromatic N) is 5. The predicted octanol–water partition coefficient (Wildman–Crippen LogP) is 1.39. The Morgan fingerprint density at radius 2 is 2.00 bits per heavy atom. The molecule has 1 aliphatic heterocycles. The molecule has 126 valence electrons. The van der Waals surface area contributed by atoms with Gasteiger partial charge in [0.25, 0.3) is 5.89 Å². The summed E-state index contributed by atoms with van der Waals surface area (Å²) in [6.45, 7) is 7.78. The number of hydrogen-bond donors (Lipinski definition) is 0. The third-order valence-corrected chi connectivity index (χ3v) is 3.98. The van der Waals surface area contributed by atoms with Crippen molar-refractivity contribution in [2.45, 2.75) is 39.6 Å². The molecule has 23 heavy (non-hydrogen) atoms. The van der Waals surface area contributed by atoms with Gasteiger partial charge in [0, 0.05) is 20.1 Å². The minimum atomic E-state index is -0.188. The van der Waals surface area contributed by atoms with Gasteiger partial charge >= 0.3 is 0 Å². The van der Waals surface area contributed by atoms with Crippen LogP contribution in [0.1, 0.15) is 36.2 Å². The lowest BCUT2D eigenvalue weighted by Gasteiger charge is -2.32. The molecule has 0 spiro atoms. The van der Waals surface area contributed by atoms with E-state index in [2.05, 4.69) is 27.2 Å². The van der Waals surface area contributed by atoms with E-state index in [-0.39, 0.29) is 18.8 Å². The van der Waals surface area contributed by atoms with E-state index in [1.807, 2.05) is 27.8 Å². The van der Waals surface area contributed by atoms with Gasteiger partial charge in [-0.25, -0.2) is 0 Å². The van der Waals surface area contributed by atoms with Crippen LogP contribution < -0.4 is 4.74 Å². The van der Waals surface area contributed by atoms with Crippen molar-refractivity contribution in [3.05, 3.63) is 23.2 Å². The maximum atomic E-state index is 5.87. The minimum Gasteiger partial charge on any atom is -0.480 e. The molecule has 0 amide bonds. The highest BCUT2D eigenvalue weighted by molar-refractivity contribution is 5.31. The second-order valence-corrected chi connectivity index (χ2v) is 6.10. The molecule has 1 aliphatic rings. The van der Waals surface area contributed by atoms with Crippen LogP contribution in [-0.4, -0.2) is 51.1 Å². The maximum Gasteiger partial charge on any atom is 0.254 e. The van der Waals surface area contributed by atoms with Crippen LogP contribution in [0, 0.1) is 13.8 Å². The number of rotatable bonds is 4. The quantitative estimate of drug-likeness (QED) is 0.842. The van der Waals surface area contributed by atoms with Crippen LogP contribution in [-0.2, 0) is 18.4 Å². The van der Waals surface area contributed by atoms with Crippen molar-refractivity contribution in [3.8, 4) is 5.75 Å². The molecule has 1 saturated heterocycles. The highest BCUT2D eigenvalue weighted by Gasteiger charge is 2.28. The molecular weight excluding hydrogens is 298 g/mol. The first-order valence-electron chi connectivity index (χ1n) is 7.73. The minimum absolute atomic E-state index is 0.144. The molecule has 0 unspecified atom stereocenters. The van der Waals surface area contributed by atoms with Crippen molar-refractivity contribution in [1.82, 2.24) is 24.9 Å². The summed E-state index contributed by atoms with van der Waals surface area (Å²) in [6.07, 6.45) is -0.0436. The van der Waals surface area contributed by atoms with Crippen LogP contribution in [0.2, 0.25) is 0 Å². The van der Waals surface area contributed by atoms with Crippen LogP contribution in [0.25, 0.3) is 0 Å². The zero-order valence-corrected chi connectivity index (χ0v) is 14.2. The van der Waals surface area contributed by atoms with Gasteiger partial charge in [0.05, 0.1) is 11.8 Å². The predicted molar refractivity (Wildman–Crippen MR) is 82.1 cm³/mol. The van der Waals surface area contributed by atoms with Crippen molar-refractivity contribution in [3.63, 3.8) is 0 Å². The summed E-state index contributed by atoms with van der Waals surface area (Å²) in [5.74, 6) is 1.70. The summed E-state index contributed by atoms with van der Waals surface area (Å²) in [5.41, 5.74) is 1.81. The number of aromatic nitrogens is 4. The molecule has 8 heteroatoms. The summed E-state index contributed by atoms with van der Waals surface area (Å²) in [7, 11) is 3.94. The first-order chi connectivity index (χ1) is 10.9. The Morgan fingerprint density at radius 1 is 1.22 bits per heavy atom. The molecule has 1 fully saturated rings. The highest BCUT2D eigenvalue weighted by Crippen LogP contribution is 2.25. The molecule has 0 aliphatic carbocycles. The average molecular weight is 321 g/mol. The van der Waals surface area contributed by atoms with Gasteiger partial charge in [-0.1, -0.05) is 0 Å². The number of morpholine rings is 1. The molecule has 2 atom stereocenters. The van der Waals surface area contributed by atoms with Gasteiger partial charge in [0.2, 0.25) is 5.89 Å². The van der Waals surface area contributed by atoms with E-state index in [0.717, 1.165) is 30.2 Å². The van der Waals surface area contributed by atoms with Gasteiger partial charge in [-0.2, -0.15) is 5.10 Å². The topological polar surface area (TPSA) is 78.4 Å². The number of ether oxygens (including phenoxy) is 2. The lowest BCUT2D eigenvalue weighted by Crippen LogP contribution is -2.40. The van der Waals surface area contributed by atoms with E-state index < -0.39 is 0 Å². The molecule has 0 saturated carbocycles. The Morgan fingerprint density at radius 3 is 2.65 bits per heavy atom. The van der Waals surface area contributed by atoms with E-state index >= 15 is 0 Å². The van der Waals surface area contributed by atoms with Gasteiger partial charge in [0.15, 0.2) is 12.4 Å². The summed E-state index contributed by atoms with van der Waals surface area (Å²) < 4.78 is 19.1.